The van der Waals surface area contributed by atoms with E-state index < -0.39 is 5.97 Å². The number of carbonyl (C=O) groups is 2. The minimum Gasteiger partial charge on any atom is -0.488 e. The number of ketones is 1. The summed E-state index contributed by atoms with van der Waals surface area (Å²) in [7, 11) is 1.33. The molecule has 3 aromatic rings. The van der Waals surface area contributed by atoms with Gasteiger partial charge in [0.1, 0.15) is 12.4 Å². The van der Waals surface area contributed by atoms with Crippen molar-refractivity contribution >= 4 is 23.9 Å². The van der Waals surface area contributed by atoms with E-state index in [0.29, 0.717) is 22.8 Å². The molecule has 4 heteroatoms. The second-order valence-corrected chi connectivity index (χ2v) is 7.88. The first kappa shape index (κ1) is 23.7. The van der Waals surface area contributed by atoms with E-state index in [4.69, 9.17) is 9.47 Å². The normalized spacial score (nSPS) is 11.6. The summed E-state index contributed by atoms with van der Waals surface area (Å²) in [6.45, 7) is 4.27. The van der Waals surface area contributed by atoms with Gasteiger partial charge in [-0.1, -0.05) is 86.7 Å². The Hall–Kier alpha value is -3.92. The molecule has 4 nitrogen and oxygen atoms in total. The van der Waals surface area contributed by atoms with Crippen LogP contribution in [0.25, 0.3) is 12.2 Å². The third kappa shape index (κ3) is 6.78. The lowest BCUT2D eigenvalue weighted by molar-refractivity contribution is -0.136. The third-order valence-corrected chi connectivity index (χ3v) is 5.15. The Morgan fingerprint density at radius 2 is 1.52 bits per heavy atom. The average molecular weight is 441 g/mol. The second-order valence-electron chi connectivity index (χ2n) is 7.88. The van der Waals surface area contributed by atoms with Crippen molar-refractivity contribution in [2.75, 3.05) is 13.7 Å². The molecule has 0 saturated heterocycles. The smallest absolute Gasteiger partial charge is 0.337 e. The maximum atomic E-state index is 12.9. The van der Waals surface area contributed by atoms with E-state index in [1.54, 1.807) is 36.4 Å². The number of hydrogen-bond acceptors (Lipinski definition) is 4. The predicted octanol–water partition coefficient (Wildman–Crippen LogP) is 6.34. The molecule has 0 amide bonds. The molecule has 3 rings (SSSR count). The van der Waals surface area contributed by atoms with E-state index in [1.165, 1.54) is 18.7 Å². The van der Waals surface area contributed by atoms with Crippen molar-refractivity contribution in [1.29, 1.82) is 0 Å². The summed E-state index contributed by atoms with van der Waals surface area (Å²) in [6, 6.07) is 24.6. The predicted molar refractivity (Wildman–Crippen MR) is 132 cm³/mol. The van der Waals surface area contributed by atoms with Gasteiger partial charge < -0.3 is 9.47 Å². The zero-order chi connectivity index (χ0) is 23.6. The van der Waals surface area contributed by atoms with E-state index >= 15 is 0 Å². The van der Waals surface area contributed by atoms with E-state index in [0.717, 1.165) is 11.1 Å². The summed E-state index contributed by atoms with van der Waals surface area (Å²) in [5.74, 6) is 0.210. The summed E-state index contributed by atoms with van der Waals surface area (Å²) in [5, 5.41) is 0. The van der Waals surface area contributed by atoms with Crippen molar-refractivity contribution in [3.05, 3.63) is 113 Å². The Labute approximate surface area is 195 Å². The fraction of sp³-hybridized carbons (Fsp3) is 0.172. The van der Waals surface area contributed by atoms with Crippen LogP contribution in [0.2, 0.25) is 0 Å². The number of carbonyl (C=O) groups excluding carboxylic acids is 2. The molecule has 0 N–H and O–H groups in total. The highest BCUT2D eigenvalue weighted by molar-refractivity contribution is 6.08. The number of benzene rings is 3. The maximum Gasteiger partial charge on any atom is 0.337 e. The number of methoxy groups -OCH3 is 1. The van der Waals surface area contributed by atoms with Crippen LogP contribution >= 0.6 is 0 Å². The van der Waals surface area contributed by atoms with Crippen molar-refractivity contribution in [2.45, 2.75) is 19.8 Å². The van der Waals surface area contributed by atoms with Crippen molar-refractivity contribution in [2.24, 2.45) is 0 Å². The lowest BCUT2D eigenvalue weighted by atomic mass is 10.0. The minimum absolute atomic E-state index is 0.0216. The standard InChI is InChI=1S/C29H28O4/c1-21(2)24-16-13-22(14-17-24)15-18-27(30)26-11-7-8-12-28(26)33-20-25(29(31)32-3)19-23-9-5-4-6-10-23/h4-19,21H,20H2,1-3H3/b18-15+,25-19+. The van der Waals surface area contributed by atoms with Crippen LogP contribution < -0.4 is 4.74 Å². The van der Waals surface area contributed by atoms with Gasteiger partial charge in [-0.25, -0.2) is 4.79 Å². The molecule has 3 aromatic carbocycles. The Balaban J connectivity index is 1.75. The molecule has 0 unspecified atom stereocenters. The van der Waals surface area contributed by atoms with Crippen molar-refractivity contribution in [1.82, 2.24) is 0 Å². The summed E-state index contributed by atoms with van der Waals surface area (Å²) in [5.41, 5.74) is 3.84. The lowest BCUT2D eigenvalue weighted by Crippen LogP contribution is -2.13. The Morgan fingerprint density at radius 3 is 2.18 bits per heavy atom. The lowest BCUT2D eigenvalue weighted by Gasteiger charge is -2.11. The molecule has 0 heterocycles. The van der Waals surface area contributed by atoms with Crippen LogP contribution in [0.1, 0.15) is 46.8 Å². The van der Waals surface area contributed by atoms with Crippen molar-refractivity contribution in [3.8, 4) is 5.75 Å². The SMILES string of the molecule is COC(=O)/C(=C/c1ccccc1)COc1ccccc1C(=O)/C=C/c1ccc(C(C)C)cc1. The highest BCUT2D eigenvalue weighted by Gasteiger charge is 2.14. The fourth-order valence-electron chi connectivity index (χ4n) is 3.25. The van der Waals surface area contributed by atoms with Gasteiger partial charge in [0, 0.05) is 0 Å². The molecule has 0 spiro atoms. The Kier molecular flexibility index (Phi) is 8.36. The molecular formula is C29H28O4. The van der Waals surface area contributed by atoms with Crippen LogP contribution in [0.4, 0.5) is 0 Å². The monoisotopic (exact) mass is 440 g/mol. The second kappa shape index (κ2) is 11.6. The maximum absolute atomic E-state index is 12.9. The summed E-state index contributed by atoms with van der Waals surface area (Å²) < 4.78 is 10.8. The van der Waals surface area contributed by atoms with Crippen LogP contribution in [0.3, 0.4) is 0 Å². The van der Waals surface area contributed by atoms with Gasteiger partial charge in [-0.2, -0.15) is 0 Å². The van der Waals surface area contributed by atoms with Crippen LogP contribution in [0.15, 0.2) is 90.5 Å². The largest absolute Gasteiger partial charge is 0.488 e. The number of hydrogen-bond donors (Lipinski definition) is 0. The van der Waals surface area contributed by atoms with E-state index in [-0.39, 0.29) is 12.4 Å². The van der Waals surface area contributed by atoms with Crippen LogP contribution in [0, 0.1) is 0 Å². The molecule has 33 heavy (non-hydrogen) atoms. The molecule has 168 valence electrons. The average Bonchev–Trinajstić information content (AvgIpc) is 2.85. The molecule has 0 bridgehead atoms. The number of ether oxygens (including phenoxy) is 2. The number of allylic oxidation sites excluding steroid dienone is 1. The van der Waals surface area contributed by atoms with Crippen LogP contribution in [-0.4, -0.2) is 25.5 Å². The van der Waals surface area contributed by atoms with Gasteiger partial charge in [-0.15, -0.1) is 0 Å². The van der Waals surface area contributed by atoms with Gasteiger partial charge in [0.25, 0.3) is 0 Å². The summed E-state index contributed by atoms with van der Waals surface area (Å²) in [6.07, 6.45) is 5.04. The third-order valence-electron chi connectivity index (χ3n) is 5.15. The molecule has 0 saturated carbocycles. The quantitative estimate of drug-likeness (QED) is 0.221. The first-order valence-corrected chi connectivity index (χ1v) is 10.9. The molecule has 0 aromatic heterocycles. The van der Waals surface area contributed by atoms with Gasteiger partial charge in [-0.3, -0.25) is 4.79 Å². The highest BCUT2D eigenvalue weighted by Crippen LogP contribution is 2.21. The summed E-state index contributed by atoms with van der Waals surface area (Å²) in [4.78, 5) is 25.1. The van der Waals surface area contributed by atoms with Crippen LogP contribution in [0.5, 0.6) is 5.75 Å². The van der Waals surface area contributed by atoms with Gasteiger partial charge >= 0.3 is 5.97 Å². The van der Waals surface area contributed by atoms with E-state index in [9.17, 15) is 9.59 Å². The van der Waals surface area contributed by atoms with Crippen molar-refractivity contribution < 1.29 is 19.1 Å². The van der Waals surface area contributed by atoms with Crippen LogP contribution in [-0.2, 0) is 9.53 Å². The number of para-hydroxylation sites is 1. The van der Waals surface area contributed by atoms with Crippen molar-refractivity contribution in [3.63, 3.8) is 0 Å². The molecule has 0 aliphatic heterocycles. The zero-order valence-corrected chi connectivity index (χ0v) is 19.2. The van der Waals surface area contributed by atoms with E-state index in [2.05, 4.69) is 26.0 Å². The topological polar surface area (TPSA) is 52.6 Å². The van der Waals surface area contributed by atoms with Gasteiger partial charge in [0.15, 0.2) is 5.78 Å². The molecule has 0 aliphatic rings. The first-order chi connectivity index (χ1) is 16.0. The van der Waals surface area contributed by atoms with E-state index in [1.807, 2.05) is 42.5 Å². The Bertz CT molecular complexity index is 1140. The molecular weight excluding hydrogens is 412 g/mol. The molecule has 0 atom stereocenters. The number of esters is 1. The zero-order valence-electron chi connectivity index (χ0n) is 19.2. The fourth-order valence-corrected chi connectivity index (χ4v) is 3.25. The first-order valence-electron chi connectivity index (χ1n) is 10.9. The minimum atomic E-state index is -0.479. The molecule has 0 fully saturated rings. The van der Waals surface area contributed by atoms with Gasteiger partial charge in [0.2, 0.25) is 0 Å². The Morgan fingerprint density at radius 1 is 0.848 bits per heavy atom. The molecule has 0 aliphatic carbocycles. The summed E-state index contributed by atoms with van der Waals surface area (Å²) >= 11 is 0. The van der Waals surface area contributed by atoms with Gasteiger partial charge in [0.05, 0.1) is 18.2 Å². The molecule has 0 radical (unpaired) electrons. The van der Waals surface area contributed by atoms with Gasteiger partial charge in [-0.05, 0) is 46.9 Å². The highest BCUT2D eigenvalue weighted by atomic mass is 16.5. The number of rotatable bonds is 9.